The Kier molecular flexibility index (Phi) is 3.92. The second kappa shape index (κ2) is 5.22. The number of allylic oxidation sites excluding steroid dienone is 3. The van der Waals surface area contributed by atoms with Crippen LogP contribution in [0.5, 0.6) is 0 Å². The monoisotopic (exact) mass is 191 g/mol. The maximum Gasteiger partial charge on any atom is 0.123 e. The van der Waals surface area contributed by atoms with Crippen LogP contribution in [-0.4, -0.2) is 7.05 Å². The van der Waals surface area contributed by atoms with Crippen molar-refractivity contribution in [1.82, 2.24) is 5.32 Å². The van der Waals surface area contributed by atoms with Gasteiger partial charge in [0.1, 0.15) is 5.82 Å². The normalized spacial score (nSPS) is 12.1. The number of halogens is 1. The summed E-state index contributed by atoms with van der Waals surface area (Å²) in [7, 11) is 1.85. The summed E-state index contributed by atoms with van der Waals surface area (Å²) in [4.78, 5) is 0. The van der Waals surface area contributed by atoms with Gasteiger partial charge in [0.15, 0.2) is 0 Å². The molecule has 0 bridgehead atoms. The minimum atomic E-state index is -0.213. The van der Waals surface area contributed by atoms with Crippen LogP contribution < -0.4 is 5.32 Å². The average Bonchev–Trinajstić information content (AvgIpc) is 2.21. The van der Waals surface area contributed by atoms with Crippen molar-refractivity contribution in [1.29, 1.82) is 0 Å². The second-order valence-electron chi connectivity index (χ2n) is 2.86. The highest BCUT2D eigenvalue weighted by Crippen LogP contribution is 2.11. The van der Waals surface area contributed by atoms with E-state index in [1.54, 1.807) is 12.1 Å². The third kappa shape index (κ3) is 2.73. The van der Waals surface area contributed by atoms with Crippen LogP contribution in [-0.2, 0) is 0 Å². The van der Waals surface area contributed by atoms with Crippen molar-refractivity contribution in [2.75, 3.05) is 7.05 Å². The summed E-state index contributed by atoms with van der Waals surface area (Å²) in [5.74, 6) is -0.213. The van der Waals surface area contributed by atoms with Gasteiger partial charge in [-0.05, 0) is 30.7 Å². The molecule has 0 amide bonds. The van der Waals surface area contributed by atoms with Gasteiger partial charge < -0.3 is 5.32 Å². The molecular formula is C12H14FN. The molecule has 0 aliphatic heterocycles. The Bertz CT molecular complexity index is 336. The lowest BCUT2D eigenvalue weighted by atomic mass is 10.1. The lowest BCUT2D eigenvalue weighted by Gasteiger charge is -2.05. The Hall–Kier alpha value is -1.57. The van der Waals surface area contributed by atoms with E-state index in [1.165, 1.54) is 12.1 Å². The minimum absolute atomic E-state index is 0.213. The van der Waals surface area contributed by atoms with Crippen molar-refractivity contribution >= 4 is 5.70 Å². The molecule has 14 heavy (non-hydrogen) atoms. The molecule has 0 saturated carbocycles. The summed E-state index contributed by atoms with van der Waals surface area (Å²) in [6, 6.07) is 6.41. The molecule has 0 aliphatic rings. The summed E-state index contributed by atoms with van der Waals surface area (Å²) in [6.45, 7) is 1.95. The summed E-state index contributed by atoms with van der Waals surface area (Å²) in [6.07, 6.45) is 5.84. The van der Waals surface area contributed by atoms with E-state index in [1.807, 2.05) is 32.2 Å². The number of hydrogen-bond acceptors (Lipinski definition) is 1. The summed E-state index contributed by atoms with van der Waals surface area (Å²) in [5, 5.41) is 3.06. The molecular weight excluding hydrogens is 177 g/mol. The van der Waals surface area contributed by atoms with Crippen LogP contribution in [0.15, 0.2) is 42.5 Å². The van der Waals surface area contributed by atoms with Crippen molar-refractivity contribution < 1.29 is 4.39 Å². The number of hydrogen-bond donors (Lipinski definition) is 1. The van der Waals surface area contributed by atoms with Crippen LogP contribution in [0.2, 0.25) is 0 Å². The molecule has 2 heteroatoms. The van der Waals surface area contributed by atoms with Crippen LogP contribution in [0.3, 0.4) is 0 Å². The first-order valence-electron chi connectivity index (χ1n) is 4.54. The van der Waals surface area contributed by atoms with Gasteiger partial charge in [-0.25, -0.2) is 4.39 Å². The smallest absolute Gasteiger partial charge is 0.123 e. The van der Waals surface area contributed by atoms with Gasteiger partial charge in [-0.2, -0.15) is 0 Å². The number of rotatable bonds is 3. The molecule has 1 nitrogen and oxygen atoms in total. The Morgan fingerprint density at radius 2 is 1.93 bits per heavy atom. The van der Waals surface area contributed by atoms with E-state index in [9.17, 15) is 4.39 Å². The van der Waals surface area contributed by atoms with Crippen molar-refractivity contribution in [3.05, 3.63) is 53.9 Å². The molecule has 0 atom stereocenters. The Morgan fingerprint density at radius 3 is 2.43 bits per heavy atom. The van der Waals surface area contributed by atoms with E-state index in [-0.39, 0.29) is 5.82 Å². The molecule has 0 saturated heterocycles. The van der Waals surface area contributed by atoms with Crippen molar-refractivity contribution in [3.63, 3.8) is 0 Å². The molecule has 0 fully saturated rings. The summed E-state index contributed by atoms with van der Waals surface area (Å²) < 4.78 is 12.7. The highest BCUT2D eigenvalue weighted by molar-refractivity contribution is 5.65. The first kappa shape index (κ1) is 10.5. The fourth-order valence-electron chi connectivity index (χ4n) is 1.15. The minimum Gasteiger partial charge on any atom is -0.388 e. The zero-order valence-electron chi connectivity index (χ0n) is 8.42. The number of benzene rings is 1. The zero-order chi connectivity index (χ0) is 10.4. The maximum atomic E-state index is 12.7. The quantitative estimate of drug-likeness (QED) is 0.724. The second-order valence-corrected chi connectivity index (χ2v) is 2.86. The van der Waals surface area contributed by atoms with Crippen LogP contribution >= 0.6 is 0 Å². The highest BCUT2D eigenvalue weighted by Gasteiger charge is 1.97. The van der Waals surface area contributed by atoms with Gasteiger partial charge in [0.2, 0.25) is 0 Å². The van der Waals surface area contributed by atoms with Crippen LogP contribution in [0.4, 0.5) is 4.39 Å². The van der Waals surface area contributed by atoms with Crippen molar-refractivity contribution in [3.8, 4) is 0 Å². The van der Waals surface area contributed by atoms with E-state index in [0.29, 0.717) is 0 Å². The first-order valence-corrected chi connectivity index (χ1v) is 4.54. The van der Waals surface area contributed by atoms with Crippen LogP contribution in [0, 0.1) is 5.82 Å². The fraction of sp³-hybridized carbons (Fsp3) is 0.167. The SMILES string of the molecule is C/C=C\C=C(/NC)c1ccc(F)cc1. The summed E-state index contributed by atoms with van der Waals surface area (Å²) in [5.41, 5.74) is 1.95. The molecule has 0 aliphatic carbocycles. The van der Waals surface area contributed by atoms with Gasteiger partial charge in [-0.15, -0.1) is 0 Å². The van der Waals surface area contributed by atoms with Gasteiger partial charge in [0.25, 0.3) is 0 Å². The van der Waals surface area contributed by atoms with Gasteiger partial charge in [0.05, 0.1) is 0 Å². The predicted molar refractivity (Wildman–Crippen MR) is 58.3 cm³/mol. The standard InChI is InChI=1S/C12H14FN/c1-3-4-5-12(14-2)10-6-8-11(13)9-7-10/h3-9,14H,1-2H3/b4-3-,12-5-. The zero-order valence-corrected chi connectivity index (χ0v) is 8.42. The fourth-order valence-corrected chi connectivity index (χ4v) is 1.15. The van der Waals surface area contributed by atoms with Gasteiger partial charge in [-0.1, -0.05) is 24.3 Å². The molecule has 0 spiro atoms. The Balaban J connectivity index is 2.95. The van der Waals surface area contributed by atoms with Crippen molar-refractivity contribution in [2.24, 2.45) is 0 Å². The van der Waals surface area contributed by atoms with Gasteiger partial charge in [-0.3, -0.25) is 0 Å². The Labute approximate surface area is 84.0 Å². The van der Waals surface area contributed by atoms with Crippen molar-refractivity contribution in [2.45, 2.75) is 6.92 Å². The molecule has 1 N–H and O–H groups in total. The van der Waals surface area contributed by atoms with Crippen LogP contribution in [0.25, 0.3) is 5.70 Å². The van der Waals surface area contributed by atoms with E-state index < -0.39 is 0 Å². The molecule has 1 rings (SSSR count). The van der Waals surface area contributed by atoms with E-state index in [2.05, 4.69) is 5.32 Å². The third-order valence-corrected chi connectivity index (χ3v) is 1.88. The third-order valence-electron chi connectivity index (χ3n) is 1.88. The largest absolute Gasteiger partial charge is 0.388 e. The first-order chi connectivity index (χ1) is 6.77. The molecule has 74 valence electrons. The van der Waals surface area contributed by atoms with Gasteiger partial charge >= 0.3 is 0 Å². The maximum absolute atomic E-state index is 12.7. The topological polar surface area (TPSA) is 12.0 Å². The lowest BCUT2D eigenvalue weighted by molar-refractivity contribution is 0.627. The summed E-state index contributed by atoms with van der Waals surface area (Å²) >= 11 is 0. The molecule has 0 heterocycles. The van der Waals surface area contributed by atoms with E-state index in [0.717, 1.165) is 11.3 Å². The van der Waals surface area contributed by atoms with E-state index >= 15 is 0 Å². The molecule has 0 aromatic heterocycles. The molecule has 1 aromatic carbocycles. The number of nitrogens with one attached hydrogen (secondary N) is 1. The Morgan fingerprint density at radius 1 is 1.29 bits per heavy atom. The average molecular weight is 191 g/mol. The molecule has 1 aromatic rings. The lowest BCUT2D eigenvalue weighted by Crippen LogP contribution is -2.03. The van der Waals surface area contributed by atoms with Crippen LogP contribution in [0.1, 0.15) is 12.5 Å². The molecule has 0 radical (unpaired) electrons. The van der Waals surface area contributed by atoms with E-state index in [4.69, 9.17) is 0 Å². The molecule has 0 unspecified atom stereocenters. The van der Waals surface area contributed by atoms with Gasteiger partial charge in [0, 0.05) is 12.7 Å². The predicted octanol–water partition coefficient (Wildman–Crippen LogP) is 2.96. The highest BCUT2D eigenvalue weighted by atomic mass is 19.1.